The lowest BCUT2D eigenvalue weighted by molar-refractivity contribution is 0.167. The number of methoxy groups -OCH3 is 1. The number of ether oxygens (including phenoxy) is 2. The second kappa shape index (κ2) is 6.81. The van der Waals surface area contributed by atoms with Gasteiger partial charge in [0, 0.05) is 12.6 Å². The van der Waals surface area contributed by atoms with Gasteiger partial charge in [-0.25, -0.2) is 0 Å². The number of aliphatic hydroxyl groups excluding tert-OH is 1. The first-order valence-corrected chi connectivity index (χ1v) is 7.88. The number of rotatable bonds is 4. The smallest absolute Gasteiger partial charge is 0.143 e. The summed E-state index contributed by atoms with van der Waals surface area (Å²) in [4.78, 5) is 2.11. The van der Waals surface area contributed by atoms with Gasteiger partial charge in [-0.2, -0.15) is 5.26 Å². The second-order valence-corrected chi connectivity index (χ2v) is 5.92. The third kappa shape index (κ3) is 3.29. The van der Waals surface area contributed by atoms with Crippen molar-refractivity contribution in [2.24, 2.45) is 0 Å². The molecule has 0 radical (unpaired) electrons. The average Bonchev–Trinajstić information content (AvgIpc) is 2.61. The Labute approximate surface area is 141 Å². The molecule has 0 bridgehead atoms. The van der Waals surface area contributed by atoms with Gasteiger partial charge in [0.15, 0.2) is 0 Å². The Morgan fingerprint density at radius 2 is 2.08 bits per heavy atom. The van der Waals surface area contributed by atoms with E-state index in [9.17, 15) is 5.11 Å². The molecule has 1 aliphatic rings. The fourth-order valence-electron chi connectivity index (χ4n) is 2.90. The van der Waals surface area contributed by atoms with E-state index in [-0.39, 0.29) is 6.10 Å². The summed E-state index contributed by atoms with van der Waals surface area (Å²) >= 11 is 0. The molecule has 5 nitrogen and oxygen atoms in total. The van der Waals surface area contributed by atoms with Gasteiger partial charge in [0.05, 0.1) is 37.1 Å². The fraction of sp³-hybridized carbons (Fsp3) is 0.316. The molecule has 0 amide bonds. The van der Waals surface area contributed by atoms with Gasteiger partial charge in [-0.1, -0.05) is 12.1 Å². The van der Waals surface area contributed by atoms with Gasteiger partial charge in [0.2, 0.25) is 0 Å². The van der Waals surface area contributed by atoms with Crippen molar-refractivity contribution in [3.8, 4) is 17.6 Å². The Bertz CT molecular complexity index is 752. The number of aliphatic hydroxyl groups is 1. The molecular weight excluding hydrogens is 304 g/mol. The molecule has 0 spiro atoms. The summed E-state index contributed by atoms with van der Waals surface area (Å²) < 4.78 is 11.2. The molecule has 0 fully saturated rings. The molecule has 2 atom stereocenters. The Kier molecular flexibility index (Phi) is 4.59. The highest BCUT2D eigenvalue weighted by molar-refractivity contribution is 5.63. The molecule has 24 heavy (non-hydrogen) atoms. The highest BCUT2D eigenvalue weighted by atomic mass is 16.5. The van der Waals surface area contributed by atoms with Crippen LogP contribution >= 0.6 is 0 Å². The minimum absolute atomic E-state index is 0.0408. The summed E-state index contributed by atoms with van der Waals surface area (Å²) in [5, 5.41) is 19.4. The summed E-state index contributed by atoms with van der Waals surface area (Å²) in [6.45, 7) is 3.14. The standard InChI is InChI=1S/C19H20N2O3/c1-13-11-21(17-9-16(23-2)7-8-19(17)24-13)12-18(22)15-5-3-14(10-20)4-6-15/h3-9,13,18,22H,11-12H2,1-2H3. The van der Waals surface area contributed by atoms with E-state index < -0.39 is 6.10 Å². The number of fused-ring (bicyclic) bond motifs is 1. The van der Waals surface area contributed by atoms with Gasteiger partial charge in [0.25, 0.3) is 0 Å². The Balaban J connectivity index is 1.82. The molecule has 1 N–H and O–H groups in total. The van der Waals surface area contributed by atoms with Crippen LogP contribution in [0.2, 0.25) is 0 Å². The highest BCUT2D eigenvalue weighted by Gasteiger charge is 2.25. The summed E-state index contributed by atoms with van der Waals surface area (Å²) in [6.07, 6.45) is -0.610. The summed E-state index contributed by atoms with van der Waals surface area (Å²) in [6, 6.07) is 14.8. The first-order valence-electron chi connectivity index (χ1n) is 7.88. The molecule has 0 aliphatic carbocycles. The Morgan fingerprint density at radius 1 is 1.33 bits per heavy atom. The largest absolute Gasteiger partial charge is 0.497 e. The SMILES string of the molecule is COc1ccc2c(c1)N(CC(O)c1ccc(C#N)cc1)CC(C)O2. The van der Waals surface area contributed by atoms with Gasteiger partial charge in [-0.05, 0) is 36.8 Å². The van der Waals surface area contributed by atoms with Crippen molar-refractivity contribution in [3.05, 3.63) is 53.6 Å². The van der Waals surface area contributed by atoms with Crippen molar-refractivity contribution in [1.29, 1.82) is 5.26 Å². The number of hydrogen-bond acceptors (Lipinski definition) is 5. The molecule has 3 rings (SSSR count). The zero-order chi connectivity index (χ0) is 17.1. The number of hydrogen-bond donors (Lipinski definition) is 1. The molecule has 124 valence electrons. The first kappa shape index (κ1) is 16.2. The molecule has 1 aliphatic heterocycles. The molecule has 2 unspecified atom stereocenters. The quantitative estimate of drug-likeness (QED) is 0.937. The van der Waals surface area contributed by atoms with Crippen LogP contribution in [0.25, 0.3) is 0 Å². The van der Waals surface area contributed by atoms with E-state index in [1.54, 1.807) is 31.4 Å². The zero-order valence-corrected chi connectivity index (χ0v) is 13.8. The van der Waals surface area contributed by atoms with Crippen molar-refractivity contribution in [2.45, 2.75) is 19.1 Å². The van der Waals surface area contributed by atoms with Crippen LogP contribution in [-0.2, 0) is 0 Å². The maximum absolute atomic E-state index is 10.6. The normalized spacial score (nSPS) is 17.4. The maximum atomic E-state index is 10.6. The third-order valence-electron chi connectivity index (χ3n) is 4.13. The van der Waals surface area contributed by atoms with Gasteiger partial charge in [-0.15, -0.1) is 0 Å². The van der Waals surface area contributed by atoms with Crippen LogP contribution in [0, 0.1) is 11.3 Å². The second-order valence-electron chi connectivity index (χ2n) is 5.92. The summed E-state index contributed by atoms with van der Waals surface area (Å²) in [5.41, 5.74) is 2.29. The van der Waals surface area contributed by atoms with Crippen LogP contribution in [-0.4, -0.2) is 31.4 Å². The van der Waals surface area contributed by atoms with Crippen molar-refractivity contribution < 1.29 is 14.6 Å². The highest BCUT2D eigenvalue weighted by Crippen LogP contribution is 2.37. The number of anilines is 1. The first-order chi connectivity index (χ1) is 11.6. The van der Waals surface area contributed by atoms with E-state index >= 15 is 0 Å². The minimum atomic E-state index is -0.651. The lowest BCUT2D eigenvalue weighted by Gasteiger charge is -2.36. The van der Waals surface area contributed by atoms with Gasteiger partial charge >= 0.3 is 0 Å². The van der Waals surface area contributed by atoms with Crippen LogP contribution in [0.4, 0.5) is 5.69 Å². The van der Waals surface area contributed by atoms with Gasteiger partial charge in [-0.3, -0.25) is 0 Å². The lowest BCUT2D eigenvalue weighted by atomic mass is 10.1. The molecule has 2 aromatic carbocycles. The lowest BCUT2D eigenvalue weighted by Crippen LogP contribution is -2.40. The topological polar surface area (TPSA) is 65.7 Å². The van der Waals surface area contributed by atoms with Crippen LogP contribution < -0.4 is 14.4 Å². The molecule has 0 aromatic heterocycles. The van der Waals surface area contributed by atoms with E-state index in [0.717, 1.165) is 22.7 Å². The van der Waals surface area contributed by atoms with Gasteiger partial charge in [0.1, 0.15) is 17.6 Å². The van der Waals surface area contributed by atoms with Crippen molar-refractivity contribution >= 4 is 5.69 Å². The number of nitrogens with zero attached hydrogens (tertiary/aromatic N) is 2. The molecule has 0 saturated carbocycles. The molecule has 5 heteroatoms. The van der Waals surface area contributed by atoms with Crippen LogP contribution in [0.5, 0.6) is 11.5 Å². The van der Waals surface area contributed by atoms with E-state index in [4.69, 9.17) is 14.7 Å². The Morgan fingerprint density at radius 3 is 2.75 bits per heavy atom. The number of nitriles is 1. The third-order valence-corrected chi connectivity index (χ3v) is 4.13. The molecular formula is C19H20N2O3. The number of benzene rings is 2. The fourth-order valence-corrected chi connectivity index (χ4v) is 2.90. The molecule has 2 aromatic rings. The van der Waals surface area contributed by atoms with Crippen LogP contribution in [0.3, 0.4) is 0 Å². The van der Waals surface area contributed by atoms with Crippen molar-refractivity contribution in [2.75, 3.05) is 25.1 Å². The van der Waals surface area contributed by atoms with E-state index in [1.807, 2.05) is 25.1 Å². The maximum Gasteiger partial charge on any atom is 0.143 e. The van der Waals surface area contributed by atoms with Crippen molar-refractivity contribution in [1.82, 2.24) is 0 Å². The van der Waals surface area contributed by atoms with Crippen molar-refractivity contribution in [3.63, 3.8) is 0 Å². The molecule has 1 heterocycles. The minimum Gasteiger partial charge on any atom is -0.497 e. The van der Waals surface area contributed by atoms with E-state index in [1.165, 1.54) is 0 Å². The monoisotopic (exact) mass is 324 g/mol. The van der Waals surface area contributed by atoms with E-state index in [2.05, 4.69) is 11.0 Å². The molecule has 0 saturated heterocycles. The van der Waals surface area contributed by atoms with E-state index in [0.29, 0.717) is 18.7 Å². The van der Waals surface area contributed by atoms with Gasteiger partial charge < -0.3 is 19.5 Å². The summed E-state index contributed by atoms with van der Waals surface area (Å²) in [7, 11) is 1.63. The summed E-state index contributed by atoms with van der Waals surface area (Å²) in [5.74, 6) is 1.55. The predicted molar refractivity (Wildman–Crippen MR) is 91.4 cm³/mol. The predicted octanol–water partition coefficient (Wildman–Crippen LogP) is 2.89. The van der Waals surface area contributed by atoms with Crippen LogP contribution in [0.1, 0.15) is 24.2 Å². The zero-order valence-electron chi connectivity index (χ0n) is 13.8. The van der Waals surface area contributed by atoms with Crippen LogP contribution in [0.15, 0.2) is 42.5 Å². The number of β-amino-alcohol motifs (C(OH)–C–C–N with tert-alkyl or cyclic N) is 1. The Hall–Kier alpha value is -2.71. The average molecular weight is 324 g/mol.